The predicted octanol–water partition coefficient (Wildman–Crippen LogP) is 2.40. The molecule has 1 unspecified atom stereocenters. The highest BCUT2D eigenvalue weighted by Gasteiger charge is 2.39. The molecule has 0 spiro atoms. The van der Waals surface area contributed by atoms with Crippen molar-refractivity contribution in [3.63, 3.8) is 0 Å². The number of nitrogens with zero attached hydrogens (tertiary/aromatic N) is 1. The fourth-order valence-corrected chi connectivity index (χ4v) is 2.61. The second kappa shape index (κ2) is 8.73. The molecule has 0 amide bonds. The average molecular weight is 341 g/mol. The quantitative estimate of drug-likeness (QED) is 0.437. The van der Waals surface area contributed by atoms with Crippen molar-refractivity contribution in [1.29, 1.82) is 0 Å². The molecule has 0 aliphatic rings. The summed E-state index contributed by atoms with van der Waals surface area (Å²) >= 11 is 0. The van der Waals surface area contributed by atoms with Crippen LogP contribution >= 0.6 is 0 Å². The minimum atomic E-state index is -1.27. The van der Waals surface area contributed by atoms with Crippen LogP contribution in [-0.4, -0.2) is 36.9 Å². The van der Waals surface area contributed by atoms with Gasteiger partial charge in [-0.15, -0.1) is 0 Å². The van der Waals surface area contributed by atoms with Crippen molar-refractivity contribution in [2.75, 3.05) is 14.2 Å². The number of pyridine rings is 1. The summed E-state index contributed by atoms with van der Waals surface area (Å²) in [5.74, 6) is -3.77. The smallest absolute Gasteiger partial charge is 0.320 e. The summed E-state index contributed by atoms with van der Waals surface area (Å²) < 4.78 is 9.49. The third kappa shape index (κ3) is 4.50. The van der Waals surface area contributed by atoms with E-state index in [1.807, 2.05) is 0 Å². The number of esters is 2. The number of Topliss-reactive ketones (excluding diaryl/α,β-unsaturated/α-hetero) is 1. The Morgan fingerprint density at radius 2 is 1.52 bits per heavy atom. The van der Waals surface area contributed by atoms with Gasteiger partial charge in [-0.3, -0.25) is 19.4 Å². The number of carbonyl (C=O) groups is 3. The lowest BCUT2D eigenvalue weighted by molar-refractivity contribution is -0.160. The molecule has 0 radical (unpaired) electrons. The Morgan fingerprint density at radius 1 is 0.920 bits per heavy atom. The highest BCUT2D eigenvalue weighted by atomic mass is 16.5. The summed E-state index contributed by atoms with van der Waals surface area (Å²) in [5.41, 5.74) is 0.949. The molecular formula is C19H19NO5. The maximum absolute atomic E-state index is 12.6. The zero-order valence-corrected chi connectivity index (χ0v) is 14.0. The number of carbonyl (C=O) groups excluding carboxylic acids is 3. The SMILES string of the molecule is COC(=O)C(C(=O)OC)C(CC(=O)c1ccccc1)c1ccccn1. The second-order valence-corrected chi connectivity index (χ2v) is 5.38. The van der Waals surface area contributed by atoms with Crippen molar-refractivity contribution in [3.05, 3.63) is 66.0 Å². The van der Waals surface area contributed by atoms with Gasteiger partial charge < -0.3 is 9.47 Å². The van der Waals surface area contributed by atoms with Crippen LogP contribution in [0.2, 0.25) is 0 Å². The minimum Gasteiger partial charge on any atom is -0.468 e. The van der Waals surface area contributed by atoms with Gasteiger partial charge in [0.15, 0.2) is 11.7 Å². The van der Waals surface area contributed by atoms with Crippen LogP contribution in [0.3, 0.4) is 0 Å². The van der Waals surface area contributed by atoms with Crippen molar-refractivity contribution < 1.29 is 23.9 Å². The third-order valence-electron chi connectivity index (χ3n) is 3.88. The summed E-state index contributed by atoms with van der Waals surface area (Å²) in [7, 11) is 2.37. The highest BCUT2D eigenvalue weighted by molar-refractivity contribution is 6.00. The van der Waals surface area contributed by atoms with E-state index in [0.29, 0.717) is 11.3 Å². The Labute approximate surface area is 145 Å². The lowest BCUT2D eigenvalue weighted by atomic mass is 9.83. The molecule has 0 aliphatic carbocycles. The molecule has 0 bridgehead atoms. The third-order valence-corrected chi connectivity index (χ3v) is 3.88. The number of ether oxygens (including phenoxy) is 2. The molecule has 1 aromatic carbocycles. The van der Waals surface area contributed by atoms with Crippen molar-refractivity contribution >= 4 is 17.7 Å². The van der Waals surface area contributed by atoms with E-state index in [4.69, 9.17) is 9.47 Å². The van der Waals surface area contributed by atoms with E-state index in [1.165, 1.54) is 14.2 Å². The molecule has 1 heterocycles. The monoisotopic (exact) mass is 341 g/mol. The average Bonchev–Trinajstić information content (AvgIpc) is 2.68. The Bertz CT molecular complexity index is 714. The number of hydrogen-bond acceptors (Lipinski definition) is 6. The first-order valence-corrected chi connectivity index (χ1v) is 7.73. The van der Waals surface area contributed by atoms with E-state index in [0.717, 1.165) is 0 Å². The Hall–Kier alpha value is -3.02. The van der Waals surface area contributed by atoms with Crippen LogP contribution in [-0.2, 0) is 19.1 Å². The zero-order chi connectivity index (χ0) is 18.2. The second-order valence-electron chi connectivity index (χ2n) is 5.38. The molecule has 6 nitrogen and oxygen atoms in total. The van der Waals surface area contributed by atoms with Gasteiger partial charge in [0.25, 0.3) is 0 Å². The first-order valence-electron chi connectivity index (χ1n) is 7.73. The molecule has 0 saturated heterocycles. The lowest BCUT2D eigenvalue weighted by Gasteiger charge is -2.22. The molecule has 2 aromatic rings. The Kier molecular flexibility index (Phi) is 6.39. The van der Waals surface area contributed by atoms with E-state index in [-0.39, 0.29) is 12.2 Å². The van der Waals surface area contributed by atoms with Crippen LogP contribution in [0.15, 0.2) is 54.7 Å². The first-order chi connectivity index (χ1) is 12.1. The molecule has 6 heteroatoms. The number of ketones is 1. The van der Waals surface area contributed by atoms with Crippen LogP contribution in [0.1, 0.15) is 28.4 Å². The highest BCUT2D eigenvalue weighted by Crippen LogP contribution is 2.30. The first kappa shape index (κ1) is 18.3. The van der Waals surface area contributed by atoms with Crippen LogP contribution in [0.5, 0.6) is 0 Å². The molecule has 0 fully saturated rings. The molecule has 2 rings (SSSR count). The van der Waals surface area contributed by atoms with Crippen LogP contribution in [0.4, 0.5) is 0 Å². The fourth-order valence-electron chi connectivity index (χ4n) is 2.61. The predicted molar refractivity (Wildman–Crippen MR) is 89.9 cm³/mol. The number of rotatable bonds is 7. The largest absolute Gasteiger partial charge is 0.468 e. The number of aromatic nitrogens is 1. The van der Waals surface area contributed by atoms with E-state index < -0.39 is 23.8 Å². The molecule has 25 heavy (non-hydrogen) atoms. The van der Waals surface area contributed by atoms with Crippen molar-refractivity contribution in [2.24, 2.45) is 5.92 Å². The van der Waals surface area contributed by atoms with Crippen molar-refractivity contribution in [2.45, 2.75) is 12.3 Å². The molecular weight excluding hydrogens is 322 g/mol. The van der Waals surface area contributed by atoms with Crippen LogP contribution in [0.25, 0.3) is 0 Å². The van der Waals surface area contributed by atoms with Gasteiger partial charge in [-0.05, 0) is 12.1 Å². The maximum atomic E-state index is 12.6. The molecule has 1 aromatic heterocycles. The zero-order valence-electron chi connectivity index (χ0n) is 14.0. The Balaban J connectivity index is 2.40. The molecule has 1 atom stereocenters. The van der Waals surface area contributed by atoms with Gasteiger partial charge in [0.2, 0.25) is 0 Å². The molecule has 130 valence electrons. The summed E-state index contributed by atoms with van der Waals surface area (Å²) in [6.45, 7) is 0. The molecule has 0 aliphatic heterocycles. The summed E-state index contributed by atoms with van der Waals surface area (Å²) in [5, 5.41) is 0. The topological polar surface area (TPSA) is 82.6 Å². The summed E-state index contributed by atoms with van der Waals surface area (Å²) in [6, 6.07) is 13.8. The summed E-state index contributed by atoms with van der Waals surface area (Å²) in [4.78, 5) is 41.2. The van der Waals surface area contributed by atoms with E-state index in [2.05, 4.69) is 4.98 Å². The van der Waals surface area contributed by atoms with Gasteiger partial charge in [-0.2, -0.15) is 0 Å². The van der Waals surface area contributed by atoms with E-state index >= 15 is 0 Å². The normalized spacial score (nSPS) is 11.6. The van der Waals surface area contributed by atoms with Gasteiger partial charge in [0.1, 0.15) is 0 Å². The standard InChI is InChI=1S/C19H19NO5/c1-24-18(22)17(19(23)25-2)14(15-10-6-7-11-20-15)12-16(21)13-8-4-3-5-9-13/h3-11,14,17H,12H2,1-2H3. The molecule has 0 N–H and O–H groups in total. The number of methoxy groups -OCH3 is 2. The summed E-state index contributed by atoms with van der Waals surface area (Å²) in [6.07, 6.45) is 1.47. The van der Waals surface area contributed by atoms with Gasteiger partial charge in [0, 0.05) is 29.8 Å². The van der Waals surface area contributed by atoms with E-state index in [9.17, 15) is 14.4 Å². The molecule has 0 saturated carbocycles. The number of benzene rings is 1. The van der Waals surface area contributed by atoms with Gasteiger partial charge in [-0.1, -0.05) is 36.4 Å². The van der Waals surface area contributed by atoms with Crippen LogP contribution in [0, 0.1) is 5.92 Å². The van der Waals surface area contributed by atoms with Gasteiger partial charge >= 0.3 is 11.9 Å². The Morgan fingerprint density at radius 3 is 2.04 bits per heavy atom. The van der Waals surface area contributed by atoms with Gasteiger partial charge in [0.05, 0.1) is 14.2 Å². The van der Waals surface area contributed by atoms with Crippen molar-refractivity contribution in [3.8, 4) is 0 Å². The van der Waals surface area contributed by atoms with Crippen LogP contribution < -0.4 is 0 Å². The minimum absolute atomic E-state index is 0.0735. The van der Waals surface area contributed by atoms with Gasteiger partial charge in [-0.25, -0.2) is 0 Å². The lowest BCUT2D eigenvalue weighted by Crippen LogP contribution is -2.33. The number of hydrogen-bond donors (Lipinski definition) is 0. The fraction of sp³-hybridized carbons (Fsp3) is 0.263. The van der Waals surface area contributed by atoms with Crippen molar-refractivity contribution in [1.82, 2.24) is 4.98 Å². The maximum Gasteiger partial charge on any atom is 0.320 e. The van der Waals surface area contributed by atoms with E-state index in [1.54, 1.807) is 54.7 Å².